The van der Waals surface area contributed by atoms with E-state index in [1.165, 1.54) is 299 Å². The van der Waals surface area contributed by atoms with Crippen molar-refractivity contribution in [1.29, 1.82) is 0 Å². The zero-order valence-corrected chi connectivity index (χ0v) is 37.1. The van der Waals surface area contributed by atoms with Crippen LogP contribution >= 0.6 is 0 Å². The van der Waals surface area contributed by atoms with Gasteiger partial charge in [0.15, 0.2) is 0 Å². The van der Waals surface area contributed by atoms with Crippen LogP contribution in [-0.2, 0) is 12.8 Å². The van der Waals surface area contributed by atoms with Gasteiger partial charge in [0, 0.05) is 0 Å². The Balaban J connectivity index is 1.84. The third-order valence-electron chi connectivity index (χ3n) is 12.5. The highest BCUT2D eigenvalue weighted by Crippen LogP contribution is 2.21. The molecule has 0 atom stereocenters. The van der Waals surface area contributed by atoms with Crippen LogP contribution in [0.3, 0.4) is 0 Å². The van der Waals surface area contributed by atoms with E-state index in [0.717, 1.165) is 0 Å². The minimum atomic E-state index is 1.23. The number of rotatable bonds is 44. The van der Waals surface area contributed by atoms with E-state index in [2.05, 4.69) is 39.0 Å². The van der Waals surface area contributed by atoms with Crippen molar-refractivity contribution in [2.45, 2.75) is 296 Å². The molecule has 311 valence electrons. The Kier molecular flexibility index (Phi) is 40.2. The quantitative estimate of drug-likeness (QED) is 0.0586. The molecule has 53 heavy (non-hydrogen) atoms. The fourth-order valence-electron chi connectivity index (χ4n) is 8.65. The van der Waals surface area contributed by atoms with Crippen molar-refractivity contribution in [1.82, 2.24) is 0 Å². The molecular weight excluding hydrogens is 637 g/mol. The van der Waals surface area contributed by atoms with Gasteiger partial charge in [0.2, 0.25) is 0 Å². The maximum absolute atomic E-state index is 4.53. The summed E-state index contributed by atoms with van der Waals surface area (Å²) < 4.78 is 0. The van der Waals surface area contributed by atoms with Gasteiger partial charge in [-0.3, -0.25) is 0 Å². The molecule has 0 aromatic heterocycles. The van der Waals surface area contributed by atoms with Crippen LogP contribution in [0.25, 0.3) is 0 Å². The molecule has 0 heterocycles. The molecule has 0 fully saturated rings. The molecule has 0 spiro atoms. The second kappa shape index (κ2) is 42.4. The highest BCUT2D eigenvalue weighted by molar-refractivity contribution is 5.37. The average Bonchev–Trinajstić information content (AvgIpc) is 3.17. The molecule has 0 aliphatic heterocycles. The lowest BCUT2D eigenvalue weighted by Crippen LogP contribution is -1.97. The van der Waals surface area contributed by atoms with Crippen LogP contribution in [0, 0.1) is 6.92 Å². The predicted octanol–water partition coefficient (Wildman–Crippen LogP) is 19.4. The van der Waals surface area contributed by atoms with Gasteiger partial charge in [-0.1, -0.05) is 289 Å². The van der Waals surface area contributed by atoms with Gasteiger partial charge >= 0.3 is 0 Å². The zero-order valence-electron chi connectivity index (χ0n) is 37.1. The van der Waals surface area contributed by atoms with Crippen LogP contribution in [0.5, 0.6) is 0 Å². The molecule has 0 N–H and O–H groups in total. The van der Waals surface area contributed by atoms with E-state index < -0.39 is 0 Å². The van der Waals surface area contributed by atoms with Crippen LogP contribution in [0.4, 0.5) is 0 Å². The lowest BCUT2D eigenvalue weighted by atomic mass is 9.94. The van der Waals surface area contributed by atoms with Crippen LogP contribution in [0.2, 0.25) is 0 Å². The number of aryl methyl sites for hydroxylation is 2. The molecule has 0 aliphatic rings. The molecule has 0 unspecified atom stereocenters. The summed E-state index contributed by atoms with van der Waals surface area (Å²) in [5.41, 5.74) is 4.39. The van der Waals surface area contributed by atoms with Crippen molar-refractivity contribution < 1.29 is 0 Å². The molecule has 0 bridgehead atoms. The number of benzene rings is 1. The Bertz CT molecular complexity index is 757. The van der Waals surface area contributed by atoms with Gasteiger partial charge in [-0.05, 0) is 49.3 Å². The maximum atomic E-state index is 4.53. The molecule has 0 nitrogen and oxygen atoms in total. The lowest BCUT2D eigenvalue weighted by Gasteiger charge is -2.11. The summed E-state index contributed by atoms with van der Waals surface area (Å²) in [5.74, 6) is 0. The second-order valence-corrected chi connectivity index (χ2v) is 17.7. The Labute approximate surface area is 337 Å². The smallest absolute Gasteiger partial charge is 0.0233 e. The predicted molar refractivity (Wildman–Crippen MR) is 244 cm³/mol. The molecule has 0 amide bonds. The number of hydrogen-bond acceptors (Lipinski definition) is 0. The molecule has 1 aromatic rings. The summed E-state index contributed by atoms with van der Waals surface area (Å²) in [7, 11) is 0. The summed E-state index contributed by atoms with van der Waals surface area (Å²) in [5, 5.41) is 0. The van der Waals surface area contributed by atoms with Crippen molar-refractivity contribution in [3.8, 4) is 0 Å². The average molecular weight is 736 g/mol. The summed E-state index contributed by atoms with van der Waals surface area (Å²) in [6.45, 7) is 9.15. The van der Waals surface area contributed by atoms with Crippen molar-refractivity contribution in [2.24, 2.45) is 0 Å². The third kappa shape index (κ3) is 35.4. The minimum absolute atomic E-state index is 1.23. The summed E-state index contributed by atoms with van der Waals surface area (Å²) in [4.78, 5) is 0. The van der Waals surface area contributed by atoms with E-state index in [9.17, 15) is 0 Å². The lowest BCUT2D eigenvalue weighted by molar-refractivity contribution is 0.520. The second-order valence-electron chi connectivity index (χ2n) is 17.7. The van der Waals surface area contributed by atoms with Gasteiger partial charge in [-0.15, -0.1) is 0 Å². The van der Waals surface area contributed by atoms with Crippen LogP contribution in [0.1, 0.15) is 300 Å². The molecular formula is C53H99. The normalized spacial score (nSPS) is 11.6. The van der Waals surface area contributed by atoms with Gasteiger partial charge < -0.3 is 0 Å². The van der Waals surface area contributed by atoms with Gasteiger partial charge in [0.05, 0.1) is 0 Å². The van der Waals surface area contributed by atoms with E-state index in [1.54, 1.807) is 0 Å². The fourth-order valence-corrected chi connectivity index (χ4v) is 8.65. The maximum Gasteiger partial charge on any atom is -0.0233 e. The first-order valence-electron chi connectivity index (χ1n) is 25.2. The monoisotopic (exact) mass is 736 g/mol. The summed E-state index contributed by atoms with van der Waals surface area (Å²) in [6, 6.07) is 6.99. The van der Waals surface area contributed by atoms with E-state index in [1.807, 2.05) is 0 Å². The molecule has 1 radical (unpaired) electrons. The number of hydrogen-bond donors (Lipinski definition) is 0. The highest BCUT2D eigenvalue weighted by Gasteiger charge is 2.05. The molecule has 1 rings (SSSR count). The zero-order chi connectivity index (χ0) is 38.0. The molecule has 1 aromatic carbocycles. The van der Waals surface area contributed by atoms with E-state index in [0.29, 0.717) is 0 Å². The van der Waals surface area contributed by atoms with E-state index in [4.69, 9.17) is 0 Å². The Hall–Kier alpha value is -0.780. The minimum Gasteiger partial charge on any atom is -0.0654 e. The summed E-state index contributed by atoms with van der Waals surface area (Å²) in [6.07, 6.45) is 63.5. The van der Waals surface area contributed by atoms with Gasteiger partial charge in [-0.25, -0.2) is 0 Å². The first-order chi connectivity index (χ1) is 26.3. The van der Waals surface area contributed by atoms with Crippen LogP contribution < -0.4 is 0 Å². The van der Waals surface area contributed by atoms with Gasteiger partial charge in [0.25, 0.3) is 0 Å². The molecule has 0 heteroatoms. The van der Waals surface area contributed by atoms with E-state index >= 15 is 0 Å². The Morgan fingerprint density at radius 3 is 0.623 bits per heavy atom. The first kappa shape index (κ1) is 50.2. The number of unbranched alkanes of at least 4 members (excludes halogenated alkanes) is 40. The molecule has 0 saturated carbocycles. The van der Waals surface area contributed by atoms with Crippen molar-refractivity contribution in [2.75, 3.05) is 0 Å². The summed E-state index contributed by atoms with van der Waals surface area (Å²) >= 11 is 0. The standard InChI is InChI=1S/C53H99/c1-4-6-8-10-12-14-16-18-20-22-24-26-28-30-32-34-36-38-40-42-44-47-52-49-46-50-53(51(52)3)48-45-43-41-39-37-35-33-31-29-27-25-23-21-19-17-15-13-11-9-7-5-2/h46,49-50H,3-45,47-48H2,1-2H3. The first-order valence-corrected chi connectivity index (χ1v) is 25.2. The Morgan fingerprint density at radius 2 is 0.434 bits per heavy atom. The van der Waals surface area contributed by atoms with Crippen LogP contribution in [-0.4, -0.2) is 0 Å². The van der Waals surface area contributed by atoms with Crippen molar-refractivity contribution >= 4 is 0 Å². The molecule has 0 aliphatic carbocycles. The Morgan fingerprint density at radius 1 is 0.264 bits per heavy atom. The molecule has 0 saturated heterocycles. The SMILES string of the molecule is [CH2]c1c(CCCCCCCCCCCCCCCCCCCCCCC)cccc1CCCCCCCCCCCCCCCCCCCCCCC. The van der Waals surface area contributed by atoms with Gasteiger partial charge in [-0.2, -0.15) is 0 Å². The topological polar surface area (TPSA) is 0 Å². The van der Waals surface area contributed by atoms with E-state index in [-0.39, 0.29) is 0 Å². The fraction of sp³-hybridized carbons (Fsp3) is 0.868. The van der Waals surface area contributed by atoms with Crippen molar-refractivity contribution in [3.05, 3.63) is 41.8 Å². The highest BCUT2D eigenvalue weighted by atomic mass is 14.1. The van der Waals surface area contributed by atoms with Crippen molar-refractivity contribution in [3.63, 3.8) is 0 Å². The van der Waals surface area contributed by atoms with Crippen LogP contribution in [0.15, 0.2) is 18.2 Å². The third-order valence-corrected chi connectivity index (χ3v) is 12.5. The van der Waals surface area contributed by atoms with Gasteiger partial charge in [0.1, 0.15) is 0 Å². The largest absolute Gasteiger partial charge is 0.0654 e.